The lowest BCUT2D eigenvalue weighted by Gasteiger charge is -2.07. The minimum absolute atomic E-state index is 0.0386. The maximum absolute atomic E-state index is 11.8. The zero-order chi connectivity index (χ0) is 18.4. The summed E-state index contributed by atoms with van der Waals surface area (Å²) in [4.78, 5) is 15.0. The Balaban J connectivity index is 1.78. The van der Waals surface area contributed by atoms with E-state index >= 15 is 0 Å². The number of hydrogen-bond donors (Lipinski definition) is 2. The predicted octanol–water partition coefficient (Wildman–Crippen LogP) is 3.68. The van der Waals surface area contributed by atoms with Gasteiger partial charge in [-0.05, 0) is 36.2 Å². The van der Waals surface area contributed by atoms with Crippen LogP contribution in [-0.2, 0) is 22.6 Å². The number of nitrogens with one attached hydrogen (secondary N) is 1. The van der Waals surface area contributed by atoms with Crippen molar-refractivity contribution in [1.82, 2.24) is 4.98 Å². The molecule has 3 rings (SSSR count). The third-order valence-corrected chi connectivity index (χ3v) is 3.98. The van der Waals surface area contributed by atoms with Crippen molar-refractivity contribution < 1.29 is 19.5 Å². The summed E-state index contributed by atoms with van der Waals surface area (Å²) >= 11 is 0. The molecule has 0 radical (unpaired) electrons. The third-order valence-electron chi connectivity index (χ3n) is 3.98. The molecule has 6 nitrogen and oxygen atoms in total. The van der Waals surface area contributed by atoms with E-state index < -0.39 is 5.97 Å². The van der Waals surface area contributed by atoms with Gasteiger partial charge >= 0.3 is 5.97 Å². The number of oxime groups is 1. The molecule has 2 N–H and O–H groups in total. The molecule has 134 valence electrons. The Bertz CT molecular complexity index is 916. The zero-order valence-electron chi connectivity index (χ0n) is 14.4. The summed E-state index contributed by atoms with van der Waals surface area (Å²) in [6, 6.07) is 15.6. The van der Waals surface area contributed by atoms with Crippen LogP contribution in [-0.4, -0.2) is 28.5 Å². The smallest absolute Gasteiger partial charge is 0.356 e. The third kappa shape index (κ3) is 4.03. The first kappa shape index (κ1) is 17.5. The highest BCUT2D eigenvalue weighted by molar-refractivity contribution is 6.37. The number of rotatable bonds is 7. The highest BCUT2D eigenvalue weighted by atomic mass is 16.5. The Morgan fingerprint density at radius 1 is 1.19 bits per heavy atom. The van der Waals surface area contributed by atoms with Gasteiger partial charge in [-0.25, -0.2) is 4.79 Å². The van der Waals surface area contributed by atoms with Crippen LogP contribution in [0.4, 0.5) is 0 Å². The molecule has 26 heavy (non-hydrogen) atoms. The fraction of sp³-hybridized carbons (Fsp3) is 0.200. The second kappa shape index (κ2) is 8.20. The number of aromatic amines is 1. The van der Waals surface area contributed by atoms with Crippen molar-refractivity contribution >= 4 is 22.6 Å². The highest BCUT2D eigenvalue weighted by Crippen LogP contribution is 2.25. The van der Waals surface area contributed by atoms with Crippen LogP contribution in [0.5, 0.6) is 5.75 Å². The van der Waals surface area contributed by atoms with E-state index in [0.717, 1.165) is 27.8 Å². The molecule has 0 saturated carbocycles. The first-order valence-electron chi connectivity index (χ1n) is 8.36. The summed E-state index contributed by atoms with van der Waals surface area (Å²) in [7, 11) is 0. The van der Waals surface area contributed by atoms with Gasteiger partial charge in [0.05, 0.1) is 6.61 Å². The molecule has 2 aromatic carbocycles. The lowest BCUT2D eigenvalue weighted by Crippen LogP contribution is -2.19. The van der Waals surface area contributed by atoms with E-state index in [2.05, 4.69) is 10.1 Å². The molecular formula is C20H20N2O4. The monoisotopic (exact) mass is 352 g/mol. The fourth-order valence-corrected chi connectivity index (χ4v) is 2.68. The second-order valence-corrected chi connectivity index (χ2v) is 5.74. The van der Waals surface area contributed by atoms with Gasteiger partial charge in [-0.3, -0.25) is 0 Å². The Morgan fingerprint density at radius 2 is 2.00 bits per heavy atom. The Morgan fingerprint density at radius 3 is 2.73 bits per heavy atom. The quantitative estimate of drug-likeness (QED) is 0.294. The molecular weight excluding hydrogens is 332 g/mol. The van der Waals surface area contributed by atoms with Gasteiger partial charge in [-0.15, -0.1) is 0 Å². The maximum Gasteiger partial charge on any atom is 0.356 e. The Hall–Kier alpha value is -3.28. The number of carbonyl (C=O) groups excluding carboxylic acids is 1. The van der Waals surface area contributed by atoms with Crippen molar-refractivity contribution in [2.24, 2.45) is 5.16 Å². The Kier molecular flexibility index (Phi) is 5.53. The summed E-state index contributed by atoms with van der Waals surface area (Å²) in [5.41, 5.74) is 2.78. The Labute approximate surface area is 151 Å². The first-order chi connectivity index (χ1) is 12.7. The molecule has 1 aromatic heterocycles. The van der Waals surface area contributed by atoms with Crippen molar-refractivity contribution in [3.63, 3.8) is 0 Å². The van der Waals surface area contributed by atoms with E-state index in [1.54, 1.807) is 13.1 Å². The summed E-state index contributed by atoms with van der Waals surface area (Å²) in [6.45, 7) is 2.40. The largest absolute Gasteiger partial charge is 0.489 e. The predicted molar refractivity (Wildman–Crippen MR) is 98.6 cm³/mol. The molecule has 0 spiro atoms. The van der Waals surface area contributed by atoms with Crippen LogP contribution >= 0.6 is 0 Å². The number of ether oxygens (including phenoxy) is 2. The lowest BCUT2D eigenvalue weighted by atomic mass is 10.1. The summed E-state index contributed by atoms with van der Waals surface area (Å²) in [5, 5.41) is 13.1. The zero-order valence-corrected chi connectivity index (χ0v) is 14.4. The lowest BCUT2D eigenvalue weighted by molar-refractivity contribution is -0.135. The van der Waals surface area contributed by atoms with Crippen LogP contribution < -0.4 is 4.74 Å². The molecule has 0 amide bonds. The molecule has 3 aromatic rings. The van der Waals surface area contributed by atoms with E-state index in [1.807, 2.05) is 48.5 Å². The molecule has 0 aliphatic rings. The van der Waals surface area contributed by atoms with Gasteiger partial charge in [-0.2, -0.15) is 0 Å². The number of esters is 1. The van der Waals surface area contributed by atoms with Crippen molar-refractivity contribution in [2.75, 3.05) is 6.61 Å². The van der Waals surface area contributed by atoms with Crippen LogP contribution in [0, 0.1) is 0 Å². The van der Waals surface area contributed by atoms with Crippen molar-refractivity contribution in [2.45, 2.75) is 20.0 Å². The van der Waals surface area contributed by atoms with Gasteiger partial charge < -0.3 is 19.7 Å². The van der Waals surface area contributed by atoms with Crippen LogP contribution in [0.3, 0.4) is 0 Å². The van der Waals surface area contributed by atoms with Crippen molar-refractivity contribution in [3.05, 3.63) is 65.9 Å². The molecule has 0 saturated heterocycles. The van der Waals surface area contributed by atoms with Crippen LogP contribution in [0.2, 0.25) is 0 Å². The van der Waals surface area contributed by atoms with Gasteiger partial charge in [-0.1, -0.05) is 35.5 Å². The van der Waals surface area contributed by atoms with E-state index in [-0.39, 0.29) is 18.7 Å². The van der Waals surface area contributed by atoms with Crippen LogP contribution in [0.25, 0.3) is 10.9 Å². The second-order valence-electron chi connectivity index (χ2n) is 5.74. The van der Waals surface area contributed by atoms with E-state index in [1.165, 1.54) is 0 Å². The number of carbonyl (C=O) groups is 1. The van der Waals surface area contributed by atoms with Crippen LogP contribution in [0.1, 0.15) is 18.1 Å². The van der Waals surface area contributed by atoms with Crippen molar-refractivity contribution in [3.8, 4) is 5.75 Å². The molecule has 6 heteroatoms. The first-order valence-corrected chi connectivity index (χ1v) is 8.36. The molecule has 0 atom stereocenters. The van der Waals surface area contributed by atoms with Gasteiger partial charge in [0, 0.05) is 23.5 Å². The van der Waals surface area contributed by atoms with E-state index in [9.17, 15) is 4.79 Å². The summed E-state index contributed by atoms with van der Waals surface area (Å²) in [5.74, 6) is 0.0988. The summed E-state index contributed by atoms with van der Waals surface area (Å²) in [6.07, 6.45) is 1.95. The SMILES string of the molecule is CCOC(=O)/C(Cc1c[nH]c2ccc(OCc3ccccc3)cc12)=N/O. The fourth-order valence-electron chi connectivity index (χ4n) is 2.68. The standard InChI is InChI=1S/C20H20N2O4/c1-2-25-20(23)19(22-24)10-15-12-21-18-9-8-16(11-17(15)18)26-13-14-6-4-3-5-7-14/h3-9,11-12,21,24H,2,10,13H2,1H3/b22-19+. The average molecular weight is 352 g/mol. The highest BCUT2D eigenvalue weighted by Gasteiger charge is 2.16. The normalized spacial score (nSPS) is 11.5. The van der Waals surface area contributed by atoms with Gasteiger partial charge in [0.2, 0.25) is 0 Å². The molecule has 1 heterocycles. The maximum atomic E-state index is 11.8. The number of hydrogen-bond acceptors (Lipinski definition) is 5. The molecule has 0 unspecified atom stereocenters. The number of benzene rings is 2. The molecule has 0 aliphatic carbocycles. The number of fused-ring (bicyclic) bond motifs is 1. The number of nitrogens with zero attached hydrogens (tertiary/aromatic N) is 1. The summed E-state index contributed by atoms with van der Waals surface area (Å²) < 4.78 is 10.8. The average Bonchev–Trinajstić information content (AvgIpc) is 3.07. The van der Waals surface area contributed by atoms with Gasteiger partial charge in [0.15, 0.2) is 5.71 Å². The van der Waals surface area contributed by atoms with E-state index in [0.29, 0.717) is 6.61 Å². The van der Waals surface area contributed by atoms with Crippen molar-refractivity contribution in [1.29, 1.82) is 0 Å². The van der Waals surface area contributed by atoms with E-state index in [4.69, 9.17) is 14.7 Å². The minimum atomic E-state index is -0.624. The topological polar surface area (TPSA) is 83.9 Å². The number of aromatic nitrogens is 1. The number of H-pyrrole nitrogens is 1. The van der Waals surface area contributed by atoms with Crippen LogP contribution in [0.15, 0.2) is 59.9 Å². The van der Waals surface area contributed by atoms with Gasteiger partial charge in [0.25, 0.3) is 0 Å². The molecule has 0 fully saturated rings. The minimum Gasteiger partial charge on any atom is -0.489 e. The molecule has 0 aliphatic heterocycles. The van der Waals surface area contributed by atoms with Gasteiger partial charge in [0.1, 0.15) is 12.4 Å². The molecule has 0 bridgehead atoms.